The van der Waals surface area contributed by atoms with E-state index in [9.17, 15) is 44.6 Å². The summed E-state index contributed by atoms with van der Waals surface area (Å²) in [4.78, 5) is 35.6. The molecule has 1 rings (SSSR count). The van der Waals surface area contributed by atoms with Crippen LogP contribution < -0.4 is 0 Å². The molecule has 1 aliphatic rings. The van der Waals surface area contributed by atoms with E-state index in [4.69, 9.17) is 18.5 Å². The van der Waals surface area contributed by atoms with Crippen molar-refractivity contribution in [2.45, 2.75) is 191 Å². The molecule has 0 bridgehead atoms. The molecular formula is C46H77O13P. The average molecular weight is 869 g/mol. The number of rotatable bonds is 35. The molecule has 6 N–H and O–H groups in total. The van der Waals surface area contributed by atoms with E-state index in [0.717, 1.165) is 70.6 Å². The number of carbonyl (C=O) groups excluding carboxylic acids is 2. The van der Waals surface area contributed by atoms with Crippen LogP contribution in [0.15, 0.2) is 72.9 Å². The number of ether oxygens (including phenoxy) is 2. The zero-order chi connectivity index (χ0) is 44.3. The number of hydrogen-bond donors (Lipinski definition) is 6. The molecule has 13 nitrogen and oxygen atoms in total. The minimum absolute atomic E-state index is 0.0133. The van der Waals surface area contributed by atoms with E-state index in [-0.39, 0.29) is 12.8 Å². The van der Waals surface area contributed by atoms with Gasteiger partial charge in [0.1, 0.15) is 43.2 Å². The zero-order valence-electron chi connectivity index (χ0n) is 36.2. The van der Waals surface area contributed by atoms with Crippen LogP contribution in [0.5, 0.6) is 0 Å². The van der Waals surface area contributed by atoms with Crippen LogP contribution in [0.25, 0.3) is 0 Å². The van der Waals surface area contributed by atoms with Crippen molar-refractivity contribution in [1.82, 2.24) is 0 Å². The topological polar surface area (TPSA) is 210 Å². The second kappa shape index (κ2) is 35.8. The first-order chi connectivity index (χ1) is 28.9. The van der Waals surface area contributed by atoms with Crippen molar-refractivity contribution in [3.8, 4) is 0 Å². The fourth-order valence-electron chi connectivity index (χ4n) is 6.20. The standard InChI is InChI=1S/C46H77O13P/c1-3-5-7-9-11-13-15-17-19-20-21-23-25-27-29-31-33-35-40(48)58-38(37-57-60(54,55)59-46-44(52)42(50)41(49)43(51)45(46)53)36-56-39(47)34-32-30-28-26-24-22-18-16-14-12-10-8-6-4-2/h5,7,11,13,16-19,21,23,27,29,38,41-46,49-53H,3-4,6,8-10,12,14-15,20,22,24-26,28,30-37H2,1-2H3,(H,54,55)/b7-5+,13-11+,18-16+,19-17+,23-21+,29-27+/t38-,41?,42-,43?,44?,45?,46?/m1/s1. The van der Waals surface area contributed by atoms with E-state index >= 15 is 0 Å². The number of phosphoric ester groups is 1. The first kappa shape index (κ1) is 55.3. The van der Waals surface area contributed by atoms with Gasteiger partial charge >= 0.3 is 19.8 Å². The number of allylic oxidation sites excluding steroid dienone is 12. The Bertz CT molecular complexity index is 1330. The van der Waals surface area contributed by atoms with Crippen LogP contribution in [0.1, 0.15) is 149 Å². The molecule has 1 saturated carbocycles. The van der Waals surface area contributed by atoms with Crippen LogP contribution in [-0.2, 0) is 32.7 Å². The van der Waals surface area contributed by atoms with E-state index < -0.39 is 75.7 Å². The van der Waals surface area contributed by atoms with Crippen LogP contribution in [0.4, 0.5) is 0 Å². The Morgan fingerprint density at radius 3 is 1.52 bits per heavy atom. The number of phosphoric acid groups is 1. The van der Waals surface area contributed by atoms with Gasteiger partial charge in [0.25, 0.3) is 0 Å². The Labute approximate surface area is 359 Å². The quantitative estimate of drug-likeness (QED) is 0.0153. The van der Waals surface area contributed by atoms with Gasteiger partial charge < -0.3 is 39.9 Å². The Balaban J connectivity index is 2.54. The van der Waals surface area contributed by atoms with Crippen LogP contribution in [0.3, 0.4) is 0 Å². The molecule has 1 fully saturated rings. The SMILES string of the molecule is CC/C=C/C/C=C/C/C=C/C/C=C/C/C=C/CCCC(=O)O[C@H](COC(=O)CCCCCCC/C=C/CCCCCCC)COP(=O)(O)OC1C(O)C(O)C(O)[C@@H](O)C1O. The lowest BCUT2D eigenvalue weighted by Gasteiger charge is -2.41. The highest BCUT2D eigenvalue weighted by molar-refractivity contribution is 7.47. The van der Waals surface area contributed by atoms with Gasteiger partial charge in [-0.1, -0.05) is 132 Å². The van der Waals surface area contributed by atoms with Gasteiger partial charge in [0.2, 0.25) is 0 Å². The molecule has 344 valence electrons. The molecule has 60 heavy (non-hydrogen) atoms. The number of aliphatic hydroxyl groups is 5. The van der Waals surface area contributed by atoms with Crippen molar-refractivity contribution in [1.29, 1.82) is 0 Å². The largest absolute Gasteiger partial charge is 0.472 e. The van der Waals surface area contributed by atoms with Crippen molar-refractivity contribution < 1.29 is 63.1 Å². The normalized spacial score (nSPS) is 22.9. The van der Waals surface area contributed by atoms with E-state index in [0.29, 0.717) is 19.3 Å². The minimum atomic E-state index is -5.14. The Kier molecular flexibility index (Phi) is 33.0. The molecule has 0 heterocycles. The lowest BCUT2D eigenvalue weighted by Crippen LogP contribution is -2.64. The Morgan fingerprint density at radius 2 is 0.967 bits per heavy atom. The molecule has 0 aromatic rings. The van der Waals surface area contributed by atoms with E-state index in [1.54, 1.807) is 0 Å². The molecule has 0 aromatic heterocycles. The third-order valence-electron chi connectivity index (χ3n) is 9.78. The van der Waals surface area contributed by atoms with Gasteiger partial charge in [0.15, 0.2) is 6.10 Å². The second-order valence-electron chi connectivity index (χ2n) is 15.2. The van der Waals surface area contributed by atoms with Gasteiger partial charge in [-0.3, -0.25) is 18.6 Å². The molecule has 8 atom stereocenters. The lowest BCUT2D eigenvalue weighted by molar-refractivity contribution is -0.220. The maximum absolute atomic E-state index is 12.8. The highest BCUT2D eigenvalue weighted by Crippen LogP contribution is 2.47. The fraction of sp³-hybridized carbons (Fsp3) is 0.696. The van der Waals surface area contributed by atoms with Gasteiger partial charge in [-0.15, -0.1) is 0 Å². The third-order valence-corrected chi connectivity index (χ3v) is 10.8. The first-order valence-corrected chi connectivity index (χ1v) is 23.7. The zero-order valence-corrected chi connectivity index (χ0v) is 37.1. The van der Waals surface area contributed by atoms with Crippen LogP contribution in [0, 0.1) is 0 Å². The van der Waals surface area contributed by atoms with Crippen molar-refractivity contribution in [3.05, 3.63) is 72.9 Å². The number of unbranched alkanes of at least 4 members (excludes halogenated alkanes) is 11. The maximum atomic E-state index is 12.8. The van der Waals surface area contributed by atoms with Crippen LogP contribution in [-0.4, -0.2) is 98.3 Å². The molecule has 14 heteroatoms. The van der Waals surface area contributed by atoms with Crippen molar-refractivity contribution >= 4 is 19.8 Å². The summed E-state index contributed by atoms with van der Waals surface area (Å²) in [6, 6.07) is 0. The van der Waals surface area contributed by atoms with Crippen LogP contribution in [0.2, 0.25) is 0 Å². The summed E-state index contributed by atoms with van der Waals surface area (Å²) in [7, 11) is -5.14. The molecular weight excluding hydrogens is 791 g/mol. The van der Waals surface area contributed by atoms with Gasteiger partial charge in [0.05, 0.1) is 6.61 Å². The van der Waals surface area contributed by atoms with E-state index in [1.807, 2.05) is 12.2 Å². The predicted octanol–water partition coefficient (Wildman–Crippen LogP) is 8.33. The molecule has 6 unspecified atom stereocenters. The van der Waals surface area contributed by atoms with Gasteiger partial charge in [0, 0.05) is 12.8 Å². The highest BCUT2D eigenvalue weighted by atomic mass is 31.2. The summed E-state index contributed by atoms with van der Waals surface area (Å²) in [6.45, 7) is 3.10. The molecule has 0 amide bonds. The fourth-order valence-corrected chi connectivity index (χ4v) is 7.17. The molecule has 0 aliphatic heterocycles. The first-order valence-electron chi connectivity index (χ1n) is 22.2. The number of aliphatic hydroxyl groups excluding tert-OH is 5. The van der Waals surface area contributed by atoms with Crippen molar-refractivity contribution in [3.63, 3.8) is 0 Å². The Hall–Kier alpha value is -2.71. The summed E-state index contributed by atoms with van der Waals surface area (Å²) in [5.74, 6) is -1.18. The molecule has 1 aliphatic carbocycles. The van der Waals surface area contributed by atoms with Crippen molar-refractivity contribution in [2.75, 3.05) is 13.2 Å². The number of esters is 2. The lowest BCUT2D eigenvalue weighted by atomic mass is 9.85. The minimum Gasteiger partial charge on any atom is -0.462 e. The summed E-state index contributed by atoms with van der Waals surface area (Å²) in [5.41, 5.74) is 0. The molecule has 0 radical (unpaired) electrons. The summed E-state index contributed by atoms with van der Waals surface area (Å²) < 4.78 is 33.4. The van der Waals surface area contributed by atoms with Gasteiger partial charge in [-0.25, -0.2) is 4.57 Å². The predicted molar refractivity (Wildman–Crippen MR) is 235 cm³/mol. The monoisotopic (exact) mass is 869 g/mol. The van der Waals surface area contributed by atoms with Crippen LogP contribution >= 0.6 is 7.82 Å². The van der Waals surface area contributed by atoms with Gasteiger partial charge in [-0.05, 0) is 77.0 Å². The Morgan fingerprint density at radius 1 is 0.533 bits per heavy atom. The average Bonchev–Trinajstić information content (AvgIpc) is 3.23. The molecule has 0 spiro atoms. The third kappa shape index (κ3) is 28.0. The summed E-state index contributed by atoms with van der Waals surface area (Å²) in [5, 5.41) is 50.1. The summed E-state index contributed by atoms with van der Waals surface area (Å²) >= 11 is 0. The van der Waals surface area contributed by atoms with Crippen molar-refractivity contribution in [2.24, 2.45) is 0 Å². The van der Waals surface area contributed by atoms with E-state index in [2.05, 4.69) is 74.6 Å². The number of hydrogen-bond acceptors (Lipinski definition) is 12. The summed E-state index contributed by atoms with van der Waals surface area (Å²) in [6.07, 6.45) is 31.1. The number of carbonyl (C=O) groups is 2. The second-order valence-corrected chi connectivity index (χ2v) is 16.6. The maximum Gasteiger partial charge on any atom is 0.472 e. The molecule has 0 aromatic carbocycles. The molecule has 0 saturated heterocycles. The van der Waals surface area contributed by atoms with Gasteiger partial charge in [-0.2, -0.15) is 0 Å². The smallest absolute Gasteiger partial charge is 0.462 e. The highest BCUT2D eigenvalue weighted by Gasteiger charge is 2.51. The van der Waals surface area contributed by atoms with E-state index in [1.165, 1.54) is 32.1 Å².